The van der Waals surface area contributed by atoms with Crippen molar-refractivity contribution in [3.05, 3.63) is 64.4 Å². The first-order valence-corrected chi connectivity index (χ1v) is 7.75. The zero-order valence-corrected chi connectivity index (χ0v) is 12.9. The first kappa shape index (κ1) is 14.5. The van der Waals surface area contributed by atoms with Crippen LogP contribution in [0.2, 0.25) is 0 Å². The van der Waals surface area contributed by atoms with Crippen molar-refractivity contribution in [1.29, 1.82) is 0 Å². The number of aromatic nitrogens is 3. The van der Waals surface area contributed by atoms with Gasteiger partial charge in [0.25, 0.3) is 0 Å². The summed E-state index contributed by atoms with van der Waals surface area (Å²) in [4.78, 5) is 16.0. The van der Waals surface area contributed by atoms with E-state index in [0.29, 0.717) is 5.69 Å². The van der Waals surface area contributed by atoms with E-state index in [1.807, 2.05) is 54.9 Å². The van der Waals surface area contributed by atoms with Crippen LogP contribution in [0.1, 0.15) is 16.4 Å². The van der Waals surface area contributed by atoms with Crippen LogP contribution >= 0.6 is 11.3 Å². The number of rotatable bonds is 5. The van der Waals surface area contributed by atoms with E-state index in [0.717, 1.165) is 16.4 Å². The summed E-state index contributed by atoms with van der Waals surface area (Å²) in [5, 5.41) is 7.21. The molecule has 1 aromatic carbocycles. The number of esters is 1. The molecule has 0 radical (unpaired) electrons. The fourth-order valence-electron chi connectivity index (χ4n) is 2.01. The summed E-state index contributed by atoms with van der Waals surface area (Å²) in [5.74, 6) is -0.292. The monoisotopic (exact) mass is 313 g/mol. The third kappa shape index (κ3) is 3.59. The maximum atomic E-state index is 11.8. The molecule has 22 heavy (non-hydrogen) atoms. The standard InChI is InChI=1S/C16H15N3O2S/c1-12-17-14(11-22-12)9-16(20)21-10-13-7-8-19(18-13)15-5-3-2-4-6-15/h2-8,11H,9-10H2,1H3. The molecule has 2 heterocycles. The van der Waals surface area contributed by atoms with Crippen molar-refractivity contribution in [1.82, 2.24) is 14.8 Å². The number of hydrogen-bond acceptors (Lipinski definition) is 5. The highest BCUT2D eigenvalue weighted by Crippen LogP contribution is 2.10. The molecule has 0 amide bonds. The van der Waals surface area contributed by atoms with Gasteiger partial charge in [0.1, 0.15) is 12.3 Å². The molecule has 112 valence electrons. The SMILES string of the molecule is Cc1nc(CC(=O)OCc2ccn(-c3ccccc3)n2)cs1. The minimum absolute atomic E-state index is 0.168. The van der Waals surface area contributed by atoms with Crippen molar-refractivity contribution in [2.75, 3.05) is 0 Å². The van der Waals surface area contributed by atoms with Gasteiger partial charge in [-0.15, -0.1) is 11.3 Å². The Hall–Kier alpha value is -2.47. The summed E-state index contributed by atoms with van der Waals surface area (Å²) in [7, 11) is 0. The van der Waals surface area contributed by atoms with E-state index in [1.165, 1.54) is 11.3 Å². The van der Waals surface area contributed by atoms with E-state index >= 15 is 0 Å². The number of carbonyl (C=O) groups is 1. The molecule has 3 aromatic rings. The zero-order valence-electron chi connectivity index (χ0n) is 12.1. The summed E-state index contributed by atoms with van der Waals surface area (Å²) in [6.07, 6.45) is 2.05. The van der Waals surface area contributed by atoms with Gasteiger partial charge in [0, 0.05) is 11.6 Å². The lowest BCUT2D eigenvalue weighted by atomic mass is 10.3. The second-order valence-corrected chi connectivity index (χ2v) is 5.84. The van der Waals surface area contributed by atoms with Crippen LogP contribution in [0, 0.1) is 6.92 Å². The summed E-state index contributed by atoms with van der Waals surface area (Å²) >= 11 is 1.53. The minimum Gasteiger partial charge on any atom is -0.459 e. The Balaban J connectivity index is 1.56. The molecule has 0 bridgehead atoms. The van der Waals surface area contributed by atoms with E-state index in [9.17, 15) is 4.79 Å². The van der Waals surface area contributed by atoms with E-state index < -0.39 is 0 Å². The van der Waals surface area contributed by atoms with Crippen molar-refractivity contribution in [3.8, 4) is 5.69 Å². The highest BCUT2D eigenvalue weighted by molar-refractivity contribution is 7.09. The van der Waals surface area contributed by atoms with Crippen LogP contribution in [0.5, 0.6) is 0 Å². The number of benzene rings is 1. The molecule has 3 rings (SSSR count). The second-order valence-electron chi connectivity index (χ2n) is 4.78. The molecule has 0 spiro atoms. The number of thiazole rings is 1. The molecule has 0 saturated heterocycles. The lowest BCUT2D eigenvalue weighted by Crippen LogP contribution is -2.08. The van der Waals surface area contributed by atoms with Crippen molar-refractivity contribution in [2.24, 2.45) is 0 Å². The van der Waals surface area contributed by atoms with Crippen LogP contribution < -0.4 is 0 Å². The van der Waals surface area contributed by atoms with Gasteiger partial charge in [-0.1, -0.05) is 18.2 Å². The van der Waals surface area contributed by atoms with E-state index in [1.54, 1.807) is 4.68 Å². The summed E-state index contributed by atoms with van der Waals surface area (Å²) < 4.78 is 7.00. The molecule has 0 N–H and O–H groups in total. The van der Waals surface area contributed by atoms with E-state index in [2.05, 4.69) is 10.1 Å². The number of nitrogens with zero attached hydrogens (tertiary/aromatic N) is 3. The van der Waals surface area contributed by atoms with Gasteiger partial charge in [0.15, 0.2) is 0 Å². The smallest absolute Gasteiger partial charge is 0.312 e. The van der Waals surface area contributed by atoms with Crippen molar-refractivity contribution in [2.45, 2.75) is 20.0 Å². The van der Waals surface area contributed by atoms with Crippen molar-refractivity contribution in [3.63, 3.8) is 0 Å². The predicted molar refractivity (Wildman–Crippen MR) is 83.9 cm³/mol. The summed E-state index contributed by atoms with van der Waals surface area (Å²) in [6.45, 7) is 2.08. The third-order valence-corrected chi connectivity index (χ3v) is 3.86. The normalized spacial score (nSPS) is 10.6. The number of para-hydroxylation sites is 1. The minimum atomic E-state index is -0.292. The van der Waals surface area contributed by atoms with Gasteiger partial charge < -0.3 is 4.74 Å². The topological polar surface area (TPSA) is 57.0 Å². The predicted octanol–water partition coefficient (Wildman–Crippen LogP) is 2.92. The largest absolute Gasteiger partial charge is 0.459 e. The first-order chi connectivity index (χ1) is 10.7. The molecule has 0 aliphatic heterocycles. The molecule has 5 nitrogen and oxygen atoms in total. The average molecular weight is 313 g/mol. The fraction of sp³-hybridized carbons (Fsp3) is 0.188. The maximum Gasteiger partial charge on any atom is 0.312 e. The van der Waals surface area contributed by atoms with Gasteiger partial charge in [-0.3, -0.25) is 4.79 Å². The Morgan fingerprint density at radius 2 is 2.05 bits per heavy atom. The Bertz CT molecular complexity index is 765. The van der Waals surface area contributed by atoms with Gasteiger partial charge >= 0.3 is 5.97 Å². The number of aryl methyl sites for hydroxylation is 1. The molecule has 0 aliphatic rings. The van der Waals surface area contributed by atoms with Gasteiger partial charge in [-0.05, 0) is 25.1 Å². The molecule has 0 aliphatic carbocycles. The Morgan fingerprint density at radius 1 is 1.23 bits per heavy atom. The Morgan fingerprint density at radius 3 is 2.77 bits per heavy atom. The molecule has 0 unspecified atom stereocenters. The lowest BCUT2D eigenvalue weighted by molar-refractivity contribution is -0.144. The lowest BCUT2D eigenvalue weighted by Gasteiger charge is -2.02. The van der Waals surface area contributed by atoms with Crippen LogP contribution in [0.3, 0.4) is 0 Å². The van der Waals surface area contributed by atoms with Crippen LogP contribution in [0.4, 0.5) is 0 Å². The maximum absolute atomic E-state index is 11.8. The molecular weight excluding hydrogens is 298 g/mol. The Kier molecular flexibility index (Phi) is 4.29. The van der Waals surface area contributed by atoms with Gasteiger partial charge in [-0.25, -0.2) is 9.67 Å². The highest BCUT2D eigenvalue weighted by Gasteiger charge is 2.09. The first-order valence-electron chi connectivity index (χ1n) is 6.87. The Labute approximate surface area is 132 Å². The van der Waals surface area contributed by atoms with E-state index in [-0.39, 0.29) is 19.0 Å². The van der Waals surface area contributed by atoms with Gasteiger partial charge in [-0.2, -0.15) is 5.10 Å². The number of carbonyl (C=O) groups excluding carboxylic acids is 1. The molecule has 2 aromatic heterocycles. The molecular formula is C16H15N3O2S. The summed E-state index contributed by atoms with van der Waals surface area (Å²) in [6, 6.07) is 11.6. The third-order valence-electron chi connectivity index (χ3n) is 3.04. The molecule has 6 heteroatoms. The van der Waals surface area contributed by atoms with E-state index in [4.69, 9.17) is 4.74 Å². The molecule has 0 saturated carbocycles. The quantitative estimate of drug-likeness (QED) is 0.680. The molecule has 0 atom stereocenters. The van der Waals surface area contributed by atoms with Gasteiger partial charge in [0.05, 0.1) is 22.8 Å². The van der Waals surface area contributed by atoms with Crippen LogP contribution in [0.25, 0.3) is 5.69 Å². The van der Waals surface area contributed by atoms with Crippen molar-refractivity contribution >= 4 is 17.3 Å². The van der Waals surface area contributed by atoms with Crippen molar-refractivity contribution < 1.29 is 9.53 Å². The van der Waals surface area contributed by atoms with Gasteiger partial charge in [0.2, 0.25) is 0 Å². The second kappa shape index (κ2) is 6.53. The zero-order chi connectivity index (χ0) is 15.4. The van der Waals surface area contributed by atoms with Crippen LogP contribution in [-0.2, 0) is 22.6 Å². The number of hydrogen-bond donors (Lipinski definition) is 0. The van der Waals surface area contributed by atoms with Crippen LogP contribution in [-0.4, -0.2) is 20.7 Å². The fourth-order valence-corrected chi connectivity index (χ4v) is 2.62. The van der Waals surface area contributed by atoms with Crippen LogP contribution in [0.15, 0.2) is 48.0 Å². The highest BCUT2D eigenvalue weighted by atomic mass is 32.1. The molecule has 0 fully saturated rings. The average Bonchev–Trinajstić information content (AvgIpc) is 3.15. The number of ether oxygens (including phenoxy) is 1. The summed E-state index contributed by atoms with van der Waals surface area (Å²) in [5.41, 5.74) is 2.44.